The number of hydrogen-bond donors (Lipinski definition) is 1. The second kappa shape index (κ2) is 3.87. The molecule has 0 aromatic carbocycles. The molecule has 0 saturated carbocycles. The molecule has 2 aliphatic rings. The third kappa shape index (κ3) is 1.59. The Labute approximate surface area is 94.7 Å². The van der Waals surface area contributed by atoms with Crippen molar-refractivity contribution in [3.63, 3.8) is 0 Å². The molecule has 4 heteroatoms. The Balaban J connectivity index is 1.77. The van der Waals surface area contributed by atoms with Gasteiger partial charge in [-0.05, 0) is 24.6 Å². The molecule has 2 fully saturated rings. The number of fused-ring (bicyclic) bond motifs is 1. The van der Waals surface area contributed by atoms with Crippen LogP contribution in [0.4, 0.5) is 0 Å². The molecule has 0 aliphatic carbocycles. The summed E-state index contributed by atoms with van der Waals surface area (Å²) in [6, 6.07) is 4.72. The van der Waals surface area contributed by atoms with Crippen LogP contribution in [0.25, 0.3) is 0 Å². The molecule has 2 saturated heterocycles. The Morgan fingerprint density at radius 2 is 2.50 bits per heavy atom. The van der Waals surface area contributed by atoms with E-state index in [4.69, 9.17) is 0 Å². The van der Waals surface area contributed by atoms with Crippen molar-refractivity contribution in [3.05, 3.63) is 30.1 Å². The average molecular weight is 217 g/mol. The monoisotopic (exact) mass is 217 g/mol. The lowest BCUT2D eigenvalue weighted by Crippen LogP contribution is -2.35. The molecule has 1 aromatic rings. The maximum Gasteiger partial charge on any atom is 0.224 e. The quantitative estimate of drug-likeness (QED) is 0.786. The highest BCUT2D eigenvalue weighted by Gasteiger charge is 2.42. The summed E-state index contributed by atoms with van der Waals surface area (Å²) < 4.78 is 0. The molecule has 0 unspecified atom stereocenters. The predicted molar refractivity (Wildman–Crippen MR) is 59.6 cm³/mol. The maximum absolute atomic E-state index is 11.9. The smallest absolute Gasteiger partial charge is 0.224 e. The van der Waals surface area contributed by atoms with Gasteiger partial charge in [0.05, 0.1) is 0 Å². The second-order valence-electron chi connectivity index (χ2n) is 4.50. The standard InChI is InChI=1S/C12H15N3O/c16-12-6-10-11(3-5-14-10)15(12)8-9-2-1-4-13-7-9/h1-2,4,7,10-11,14H,3,5-6,8H2/t10-,11-/m1/s1. The molecule has 16 heavy (non-hydrogen) atoms. The van der Waals surface area contributed by atoms with E-state index in [0.29, 0.717) is 25.0 Å². The molecule has 0 radical (unpaired) electrons. The minimum Gasteiger partial charge on any atom is -0.334 e. The van der Waals surface area contributed by atoms with E-state index in [1.165, 1.54) is 0 Å². The number of nitrogens with zero attached hydrogens (tertiary/aromatic N) is 2. The number of rotatable bonds is 2. The van der Waals surface area contributed by atoms with Crippen molar-refractivity contribution in [3.8, 4) is 0 Å². The molecule has 4 nitrogen and oxygen atoms in total. The summed E-state index contributed by atoms with van der Waals surface area (Å²) >= 11 is 0. The number of likely N-dealkylation sites (tertiary alicyclic amines) is 1. The minimum absolute atomic E-state index is 0.269. The first-order valence-electron chi connectivity index (χ1n) is 5.76. The summed E-state index contributed by atoms with van der Waals surface area (Å²) in [7, 11) is 0. The minimum atomic E-state index is 0.269. The van der Waals surface area contributed by atoms with Crippen LogP contribution >= 0.6 is 0 Å². The van der Waals surface area contributed by atoms with Gasteiger partial charge in [-0.2, -0.15) is 0 Å². The van der Waals surface area contributed by atoms with Crippen LogP contribution in [0, 0.1) is 0 Å². The first kappa shape index (κ1) is 9.78. The fraction of sp³-hybridized carbons (Fsp3) is 0.500. The molecular weight excluding hydrogens is 202 g/mol. The molecule has 2 aliphatic heterocycles. The van der Waals surface area contributed by atoms with Crippen molar-refractivity contribution >= 4 is 5.91 Å². The lowest BCUT2D eigenvalue weighted by atomic mass is 10.1. The highest BCUT2D eigenvalue weighted by molar-refractivity contribution is 5.80. The summed E-state index contributed by atoms with van der Waals surface area (Å²) in [4.78, 5) is 17.9. The normalized spacial score (nSPS) is 28.5. The van der Waals surface area contributed by atoms with Crippen LogP contribution in [0.15, 0.2) is 24.5 Å². The Kier molecular flexibility index (Phi) is 2.36. The zero-order valence-corrected chi connectivity index (χ0v) is 9.10. The number of pyridine rings is 1. The number of hydrogen-bond acceptors (Lipinski definition) is 3. The van der Waals surface area contributed by atoms with E-state index in [0.717, 1.165) is 18.5 Å². The van der Waals surface area contributed by atoms with Gasteiger partial charge < -0.3 is 10.2 Å². The predicted octanol–water partition coefficient (Wildman–Crippen LogP) is 0.544. The fourth-order valence-corrected chi connectivity index (χ4v) is 2.72. The Morgan fingerprint density at radius 3 is 3.31 bits per heavy atom. The van der Waals surface area contributed by atoms with Gasteiger partial charge in [0.1, 0.15) is 0 Å². The van der Waals surface area contributed by atoms with Gasteiger partial charge in [0.25, 0.3) is 0 Å². The van der Waals surface area contributed by atoms with E-state index >= 15 is 0 Å². The zero-order valence-electron chi connectivity index (χ0n) is 9.10. The Morgan fingerprint density at radius 1 is 1.56 bits per heavy atom. The van der Waals surface area contributed by atoms with Crippen molar-refractivity contribution in [1.82, 2.24) is 15.2 Å². The van der Waals surface area contributed by atoms with Crippen molar-refractivity contribution < 1.29 is 4.79 Å². The third-order valence-electron chi connectivity index (χ3n) is 3.50. The molecule has 0 bridgehead atoms. The Bertz CT molecular complexity index is 393. The number of nitrogens with one attached hydrogen (secondary N) is 1. The van der Waals surface area contributed by atoms with Crippen molar-refractivity contribution in [2.75, 3.05) is 6.54 Å². The van der Waals surface area contributed by atoms with Gasteiger partial charge in [-0.15, -0.1) is 0 Å². The number of amides is 1. The van der Waals surface area contributed by atoms with Gasteiger partial charge in [-0.25, -0.2) is 0 Å². The number of aromatic nitrogens is 1. The van der Waals surface area contributed by atoms with Crippen LogP contribution < -0.4 is 5.32 Å². The molecule has 0 spiro atoms. The van der Waals surface area contributed by atoms with E-state index in [1.807, 2.05) is 23.2 Å². The highest BCUT2D eigenvalue weighted by Crippen LogP contribution is 2.27. The maximum atomic E-state index is 11.9. The molecule has 2 atom stereocenters. The van der Waals surface area contributed by atoms with Crippen LogP contribution in [0.1, 0.15) is 18.4 Å². The van der Waals surface area contributed by atoms with Gasteiger partial charge in [-0.1, -0.05) is 6.07 Å². The van der Waals surface area contributed by atoms with E-state index in [-0.39, 0.29) is 5.91 Å². The molecule has 1 aromatic heterocycles. The largest absolute Gasteiger partial charge is 0.334 e. The summed E-state index contributed by atoms with van der Waals surface area (Å²) in [5.41, 5.74) is 1.11. The summed E-state index contributed by atoms with van der Waals surface area (Å²) in [5, 5.41) is 3.39. The lowest BCUT2D eigenvalue weighted by molar-refractivity contribution is -0.129. The zero-order chi connectivity index (χ0) is 11.0. The van der Waals surface area contributed by atoms with Crippen LogP contribution in [0.2, 0.25) is 0 Å². The van der Waals surface area contributed by atoms with E-state index in [1.54, 1.807) is 6.20 Å². The van der Waals surface area contributed by atoms with E-state index in [2.05, 4.69) is 10.3 Å². The lowest BCUT2D eigenvalue weighted by Gasteiger charge is -2.23. The molecule has 3 heterocycles. The van der Waals surface area contributed by atoms with Crippen molar-refractivity contribution in [1.29, 1.82) is 0 Å². The van der Waals surface area contributed by atoms with Crippen LogP contribution in [-0.2, 0) is 11.3 Å². The summed E-state index contributed by atoms with van der Waals surface area (Å²) in [6.07, 6.45) is 5.33. The summed E-state index contributed by atoms with van der Waals surface area (Å²) in [6.45, 7) is 1.74. The van der Waals surface area contributed by atoms with Gasteiger partial charge in [0.15, 0.2) is 0 Å². The van der Waals surface area contributed by atoms with Gasteiger partial charge in [-0.3, -0.25) is 9.78 Å². The highest BCUT2D eigenvalue weighted by atomic mass is 16.2. The van der Waals surface area contributed by atoms with Crippen molar-refractivity contribution in [2.45, 2.75) is 31.5 Å². The number of carbonyl (C=O) groups excluding carboxylic acids is 1. The molecule has 3 rings (SSSR count). The van der Waals surface area contributed by atoms with Gasteiger partial charge >= 0.3 is 0 Å². The topological polar surface area (TPSA) is 45.2 Å². The molecular formula is C12H15N3O. The first-order chi connectivity index (χ1) is 7.84. The SMILES string of the molecule is O=C1C[C@H]2NCC[C@H]2N1Cc1cccnc1. The van der Waals surface area contributed by atoms with E-state index < -0.39 is 0 Å². The molecule has 1 amide bonds. The van der Waals surface area contributed by atoms with Gasteiger partial charge in [0.2, 0.25) is 5.91 Å². The second-order valence-corrected chi connectivity index (χ2v) is 4.50. The molecule has 1 N–H and O–H groups in total. The summed E-state index contributed by atoms with van der Waals surface area (Å²) in [5.74, 6) is 0.269. The third-order valence-corrected chi connectivity index (χ3v) is 3.50. The first-order valence-corrected chi connectivity index (χ1v) is 5.76. The average Bonchev–Trinajstić information content (AvgIpc) is 2.84. The van der Waals surface area contributed by atoms with Crippen LogP contribution in [-0.4, -0.2) is 34.4 Å². The molecule has 84 valence electrons. The van der Waals surface area contributed by atoms with Crippen LogP contribution in [0.3, 0.4) is 0 Å². The van der Waals surface area contributed by atoms with Crippen LogP contribution in [0.5, 0.6) is 0 Å². The number of carbonyl (C=O) groups is 1. The Hall–Kier alpha value is -1.42. The van der Waals surface area contributed by atoms with E-state index in [9.17, 15) is 4.79 Å². The van der Waals surface area contributed by atoms with Gasteiger partial charge in [0, 0.05) is 37.4 Å². The fourth-order valence-electron chi connectivity index (χ4n) is 2.72. The van der Waals surface area contributed by atoms with Crippen molar-refractivity contribution in [2.24, 2.45) is 0 Å².